The van der Waals surface area contributed by atoms with Crippen molar-refractivity contribution in [3.8, 4) is 5.69 Å². The van der Waals surface area contributed by atoms with Gasteiger partial charge >= 0.3 is 6.18 Å². The molecule has 0 saturated carbocycles. The Hall–Kier alpha value is -3.23. The molecule has 0 unspecified atom stereocenters. The number of halogens is 5. The summed E-state index contributed by atoms with van der Waals surface area (Å²) < 4.78 is 66.0. The number of hydrogen-bond donors (Lipinski definition) is 1. The Labute approximate surface area is 150 Å². The van der Waals surface area contributed by atoms with Gasteiger partial charge in [-0.3, -0.25) is 4.79 Å². The number of nitrogens with one attached hydrogen (secondary N) is 1. The first kappa shape index (κ1) is 18.6. The topological polar surface area (TPSA) is 46.9 Å². The molecule has 0 aliphatic carbocycles. The maximum atomic E-state index is 13.2. The van der Waals surface area contributed by atoms with Crippen LogP contribution in [0.4, 0.5) is 27.6 Å². The van der Waals surface area contributed by atoms with Crippen molar-refractivity contribution in [3.05, 3.63) is 77.1 Å². The lowest BCUT2D eigenvalue weighted by molar-refractivity contribution is -0.137. The first-order valence-electron chi connectivity index (χ1n) is 7.65. The SMILES string of the molecule is Cc1c(C(=O)Nc2ccc(F)c(F)c2)cnn1-c1cccc(C(F)(F)F)c1. The van der Waals surface area contributed by atoms with E-state index in [1.165, 1.54) is 36.0 Å². The second-order valence-electron chi connectivity index (χ2n) is 5.69. The van der Waals surface area contributed by atoms with Crippen LogP contribution in [0.1, 0.15) is 21.6 Å². The van der Waals surface area contributed by atoms with Crippen molar-refractivity contribution >= 4 is 11.6 Å². The number of nitrogens with zero attached hydrogens (tertiary/aromatic N) is 2. The smallest absolute Gasteiger partial charge is 0.322 e. The summed E-state index contributed by atoms with van der Waals surface area (Å²) in [6, 6.07) is 7.37. The second kappa shape index (κ2) is 6.82. The molecule has 0 saturated heterocycles. The highest BCUT2D eigenvalue weighted by Crippen LogP contribution is 2.30. The summed E-state index contributed by atoms with van der Waals surface area (Å²) in [5.74, 6) is -2.83. The van der Waals surface area contributed by atoms with E-state index in [0.717, 1.165) is 24.3 Å². The molecule has 0 radical (unpaired) electrons. The Morgan fingerprint density at radius 2 is 1.81 bits per heavy atom. The lowest BCUT2D eigenvalue weighted by Crippen LogP contribution is -2.13. The van der Waals surface area contributed by atoms with Crippen LogP contribution in [0, 0.1) is 18.6 Å². The molecule has 9 heteroatoms. The average molecular weight is 381 g/mol. The molecule has 0 aliphatic rings. The van der Waals surface area contributed by atoms with E-state index in [9.17, 15) is 26.7 Å². The number of alkyl halides is 3. The first-order chi connectivity index (χ1) is 12.7. The Balaban J connectivity index is 1.89. The summed E-state index contributed by atoms with van der Waals surface area (Å²) in [5.41, 5.74) is -0.312. The Morgan fingerprint density at radius 1 is 1.07 bits per heavy atom. The first-order valence-corrected chi connectivity index (χ1v) is 7.65. The maximum Gasteiger partial charge on any atom is 0.416 e. The van der Waals surface area contributed by atoms with Crippen molar-refractivity contribution in [2.24, 2.45) is 0 Å². The number of carbonyl (C=O) groups is 1. The van der Waals surface area contributed by atoms with Gasteiger partial charge in [-0.2, -0.15) is 18.3 Å². The van der Waals surface area contributed by atoms with Crippen LogP contribution in [0.3, 0.4) is 0 Å². The number of hydrogen-bond acceptors (Lipinski definition) is 2. The monoisotopic (exact) mass is 381 g/mol. The lowest BCUT2D eigenvalue weighted by Gasteiger charge is -2.10. The summed E-state index contributed by atoms with van der Waals surface area (Å²) in [5, 5.41) is 6.35. The van der Waals surface area contributed by atoms with E-state index in [0.29, 0.717) is 0 Å². The van der Waals surface area contributed by atoms with Gasteiger partial charge in [0.25, 0.3) is 5.91 Å². The molecular formula is C18H12F5N3O. The number of amides is 1. The number of carbonyl (C=O) groups excluding carboxylic acids is 1. The minimum atomic E-state index is -4.51. The third-order valence-corrected chi connectivity index (χ3v) is 3.85. The van der Waals surface area contributed by atoms with Crippen molar-refractivity contribution in [1.29, 1.82) is 0 Å². The van der Waals surface area contributed by atoms with Crippen molar-refractivity contribution in [1.82, 2.24) is 9.78 Å². The molecule has 27 heavy (non-hydrogen) atoms. The summed E-state index contributed by atoms with van der Waals surface area (Å²) >= 11 is 0. The fraction of sp³-hybridized carbons (Fsp3) is 0.111. The van der Waals surface area contributed by atoms with Gasteiger partial charge in [0.1, 0.15) is 0 Å². The van der Waals surface area contributed by atoms with Gasteiger partial charge in [0.15, 0.2) is 11.6 Å². The molecule has 140 valence electrons. The van der Waals surface area contributed by atoms with E-state index in [1.54, 1.807) is 0 Å². The quantitative estimate of drug-likeness (QED) is 0.667. The van der Waals surface area contributed by atoms with Gasteiger partial charge in [-0.05, 0) is 37.3 Å². The molecule has 0 atom stereocenters. The fourth-order valence-corrected chi connectivity index (χ4v) is 2.48. The molecule has 1 amide bonds. The van der Waals surface area contributed by atoms with Crippen LogP contribution in [0.5, 0.6) is 0 Å². The number of benzene rings is 2. The number of aromatic nitrogens is 2. The minimum absolute atomic E-state index is 0.0325. The highest BCUT2D eigenvalue weighted by Gasteiger charge is 2.30. The van der Waals surface area contributed by atoms with Crippen LogP contribution < -0.4 is 5.32 Å². The van der Waals surface area contributed by atoms with E-state index in [1.807, 2.05) is 0 Å². The number of rotatable bonds is 3. The summed E-state index contributed by atoms with van der Waals surface area (Å²) in [7, 11) is 0. The zero-order valence-electron chi connectivity index (χ0n) is 13.8. The molecule has 0 aliphatic heterocycles. The zero-order valence-corrected chi connectivity index (χ0v) is 13.8. The highest BCUT2D eigenvalue weighted by molar-refractivity contribution is 6.04. The second-order valence-corrected chi connectivity index (χ2v) is 5.69. The van der Waals surface area contributed by atoms with Crippen LogP contribution in [0.2, 0.25) is 0 Å². The zero-order chi connectivity index (χ0) is 19.8. The number of anilines is 1. The molecule has 1 aromatic heterocycles. The Morgan fingerprint density at radius 3 is 2.48 bits per heavy atom. The molecule has 2 aromatic carbocycles. The molecule has 1 heterocycles. The summed E-state index contributed by atoms with van der Waals surface area (Å²) in [6.45, 7) is 1.51. The average Bonchev–Trinajstić information content (AvgIpc) is 2.99. The molecule has 0 fully saturated rings. The van der Waals surface area contributed by atoms with Crippen molar-refractivity contribution in [2.75, 3.05) is 5.32 Å². The standard InChI is InChI=1S/C18H12F5N3O/c1-10-14(17(27)25-12-5-6-15(19)16(20)8-12)9-24-26(10)13-4-2-3-11(7-13)18(21,22)23/h2-9H,1H3,(H,25,27). The third-order valence-electron chi connectivity index (χ3n) is 3.85. The van der Waals surface area contributed by atoms with E-state index in [2.05, 4.69) is 10.4 Å². The van der Waals surface area contributed by atoms with Gasteiger partial charge < -0.3 is 5.32 Å². The van der Waals surface area contributed by atoms with Crippen LogP contribution in [-0.4, -0.2) is 15.7 Å². The largest absolute Gasteiger partial charge is 0.416 e. The van der Waals surface area contributed by atoms with E-state index in [-0.39, 0.29) is 22.6 Å². The predicted octanol–water partition coefficient (Wildman–Crippen LogP) is 4.73. The lowest BCUT2D eigenvalue weighted by atomic mass is 10.2. The molecule has 0 spiro atoms. The predicted molar refractivity (Wildman–Crippen MR) is 87.6 cm³/mol. The van der Waals surface area contributed by atoms with Crippen LogP contribution in [0.25, 0.3) is 5.69 Å². The Bertz CT molecular complexity index is 1010. The van der Waals surface area contributed by atoms with Gasteiger partial charge in [0.2, 0.25) is 0 Å². The molecule has 1 N–H and O–H groups in total. The molecular weight excluding hydrogens is 369 g/mol. The molecule has 0 bridgehead atoms. The molecule has 3 aromatic rings. The summed E-state index contributed by atoms with van der Waals surface area (Å²) in [6.07, 6.45) is -3.32. The Kier molecular flexibility index (Phi) is 4.69. The normalized spacial score (nSPS) is 11.5. The van der Waals surface area contributed by atoms with Gasteiger partial charge in [-0.25, -0.2) is 13.5 Å². The fourth-order valence-electron chi connectivity index (χ4n) is 2.48. The maximum absolute atomic E-state index is 13.2. The summed E-state index contributed by atoms with van der Waals surface area (Å²) in [4.78, 5) is 12.3. The van der Waals surface area contributed by atoms with Crippen molar-refractivity contribution < 1.29 is 26.7 Å². The van der Waals surface area contributed by atoms with Crippen molar-refractivity contribution in [3.63, 3.8) is 0 Å². The molecule has 3 rings (SSSR count). The third kappa shape index (κ3) is 3.81. The highest BCUT2D eigenvalue weighted by atomic mass is 19.4. The molecule has 4 nitrogen and oxygen atoms in total. The van der Waals surface area contributed by atoms with Crippen LogP contribution in [-0.2, 0) is 6.18 Å². The van der Waals surface area contributed by atoms with Gasteiger partial charge in [-0.1, -0.05) is 6.07 Å². The van der Waals surface area contributed by atoms with E-state index in [4.69, 9.17) is 0 Å². The van der Waals surface area contributed by atoms with Crippen LogP contribution >= 0.6 is 0 Å². The van der Waals surface area contributed by atoms with Crippen molar-refractivity contribution in [2.45, 2.75) is 13.1 Å². The van der Waals surface area contributed by atoms with Gasteiger partial charge in [0, 0.05) is 11.8 Å². The van der Waals surface area contributed by atoms with E-state index < -0.39 is 29.3 Å². The van der Waals surface area contributed by atoms with Gasteiger partial charge in [0.05, 0.1) is 28.7 Å². The van der Waals surface area contributed by atoms with Gasteiger partial charge in [-0.15, -0.1) is 0 Å². The van der Waals surface area contributed by atoms with E-state index >= 15 is 0 Å². The van der Waals surface area contributed by atoms with Crippen LogP contribution in [0.15, 0.2) is 48.7 Å². The minimum Gasteiger partial charge on any atom is -0.322 e.